The van der Waals surface area contributed by atoms with Gasteiger partial charge in [-0.15, -0.1) is 11.8 Å². The van der Waals surface area contributed by atoms with Crippen molar-refractivity contribution in [3.63, 3.8) is 0 Å². The number of anilines is 1. The van der Waals surface area contributed by atoms with E-state index >= 15 is 0 Å². The summed E-state index contributed by atoms with van der Waals surface area (Å²) in [6.45, 7) is 7.22. The lowest BCUT2D eigenvalue weighted by Gasteiger charge is -2.37. The highest BCUT2D eigenvalue weighted by molar-refractivity contribution is 8.00. The van der Waals surface area contributed by atoms with E-state index in [1.54, 1.807) is 18.9 Å². The zero-order valence-corrected chi connectivity index (χ0v) is 16.5. The van der Waals surface area contributed by atoms with Crippen molar-refractivity contribution in [3.8, 4) is 5.75 Å². The SMILES string of the molecule is COc1ccccc1N1CCN(C(=O)C(C)Sc2ccc(C)cc2)CC1. The predicted molar refractivity (Wildman–Crippen MR) is 108 cm³/mol. The molecule has 4 nitrogen and oxygen atoms in total. The highest BCUT2D eigenvalue weighted by Gasteiger charge is 2.26. The van der Waals surface area contributed by atoms with Gasteiger partial charge in [0.1, 0.15) is 5.75 Å². The Morgan fingerprint density at radius 1 is 1.04 bits per heavy atom. The third-order valence-corrected chi connectivity index (χ3v) is 5.80. The summed E-state index contributed by atoms with van der Waals surface area (Å²) < 4.78 is 5.46. The number of amides is 1. The number of nitrogens with zero attached hydrogens (tertiary/aromatic N) is 2. The maximum atomic E-state index is 12.8. The minimum absolute atomic E-state index is 0.0736. The second-order valence-electron chi connectivity index (χ2n) is 6.56. The fourth-order valence-corrected chi connectivity index (χ4v) is 4.14. The number of piperazine rings is 1. The number of rotatable bonds is 5. The lowest BCUT2D eigenvalue weighted by Crippen LogP contribution is -2.50. The van der Waals surface area contributed by atoms with E-state index in [9.17, 15) is 4.79 Å². The van der Waals surface area contributed by atoms with Crippen LogP contribution in [0.15, 0.2) is 53.4 Å². The quantitative estimate of drug-likeness (QED) is 0.749. The second kappa shape index (κ2) is 8.49. The number of ether oxygens (including phenoxy) is 1. The Hall–Kier alpha value is -2.14. The van der Waals surface area contributed by atoms with Crippen LogP contribution < -0.4 is 9.64 Å². The van der Waals surface area contributed by atoms with E-state index in [1.165, 1.54) is 5.56 Å². The van der Waals surface area contributed by atoms with Gasteiger partial charge in [0.2, 0.25) is 5.91 Å². The van der Waals surface area contributed by atoms with Gasteiger partial charge in [-0.05, 0) is 38.1 Å². The average Bonchev–Trinajstić information content (AvgIpc) is 2.69. The number of aryl methyl sites for hydroxylation is 1. The number of carbonyl (C=O) groups excluding carboxylic acids is 1. The van der Waals surface area contributed by atoms with Gasteiger partial charge in [-0.1, -0.05) is 29.8 Å². The number of thioether (sulfide) groups is 1. The number of hydrogen-bond acceptors (Lipinski definition) is 4. The summed E-state index contributed by atoms with van der Waals surface area (Å²) in [6.07, 6.45) is 0. The first-order valence-corrected chi connectivity index (χ1v) is 9.86. The molecule has 1 heterocycles. The Bertz CT molecular complexity index is 740. The zero-order chi connectivity index (χ0) is 18.5. The lowest BCUT2D eigenvalue weighted by molar-refractivity contribution is -0.130. The fraction of sp³-hybridized carbons (Fsp3) is 0.381. The fourth-order valence-electron chi connectivity index (χ4n) is 3.19. The number of methoxy groups -OCH3 is 1. The van der Waals surface area contributed by atoms with Gasteiger partial charge in [-0.3, -0.25) is 4.79 Å². The summed E-state index contributed by atoms with van der Waals surface area (Å²) in [4.78, 5) is 18.2. The molecular formula is C21H26N2O2S. The van der Waals surface area contributed by atoms with Crippen LogP contribution in [0, 0.1) is 6.92 Å². The first-order valence-electron chi connectivity index (χ1n) is 8.98. The number of hydrogen-bond donors (Lipinski definition) is 0. The molecule has 0 aromatic heterocycles. The van der Waals surface area contributed by atoms with Gasteiger partial charge < -0.3 is 14.5 Å². The molecule has 0 radical (unpaired) electrons. The summed E-state index contributed by atoms with van der Waals surface area (Å²) in [5, 5.41) is -0.0736. The molecule has 1 fully saturated rings. The Labute approximate surface area is 160 Å². The van der Waals surface area contributed by atoms with E-state index in [1.807, 2.05) is 30.0 Å². The van der Waals surface area contributed by atoms with Gasteiger partial charge in [0.05, 0.1) is 18.0 Å². The van der Waals surface area contributed by atoms with Gasteiger partial charge in [0.25, 0.3) is 0 Å². The predicted octanol–water partition coefficient (Wildman–Crippen LogP) is 3.83. The van der Waals surface area contributed by atoms with E-state index in [4.69, 9.17) is 4.74 Å². The number of benzene rings is 2. The van der Waals surface area contributed by atoms with Gasteiger partial charge in [0.15, 0.2) is 0 Å². The molecule has 0 bridgehead atoms. The molecule has 1 saturated heterocycles. The maximum Gasteiger partial charge on any atom is 0.235 e. The van der Waals surface area contributed by atoms with Crippen LogP contribution in [-0.4, -0.2) is 49.3 Å². The van der Waals surface area contributed by atoms with Crippen molar-refractivity contribution in [2.45, 2.75) is 24.0 Å². The molecule has 138 valence electrons. The normalized spacial score (nSPS) is 15.7. The molecule has 5 heteroatoms. The highest BCUT2D eigenvalue weighted by atomic mass is 32.2. The lowest BCUT2D eigenvalue weighted by atomic mass is 10.2. The van der Waals surface area contributed by atoms with Crippen molar-refractivity contribution in [2.75, 3.05) is 38.2 Å². The molecule has 1 unspecified atom stereocenters. The van der Waals surface area contributed by atoms with Crippen LogP contribution in [0.4, 0.5) is 5.69 Å². The molecule has 0 saturated carbocycles. The molecule has 0 aliphatic carbocycles. The minimum Gasteiger partial charge on any atom is -0.495 e. The molecule has 1 aliphatic rings. The van der Waals surface area contributed by atoms with E-state index < -0.39 is 0 Å². The smallest absolute Gasteiger partial charge is 0.235 e. The molecule has 0 spiro atoms. The van der Waals surface area contributed by atoms with E-state index in [0.717, 1.165) is 42.5 Å². The van der Waals surface area contributed by atoms with Crippen molar-refractivity contribution in [1.29, 1.82) is 0 Å². The van der Waals surface area contributed by atoms with Gasteiger partial charge in [-0.2, -0.15) is 0 Å². The van der Waals surface area contributed by atoms with Gasteiger partial charge in [-0.25, -0.2) is 0 Å². The van der Waals surface area contributed by atoms with Crippen LogP contribution >= 0.6 is 11.8 Å². The summed E-state index contributed by atoms with van der Waals surface area (Å²) in [7, 11) is 1.70. The molecule has 1 atom stereocenters. The topological polar surface area (TPSA) is 32.8 Å². The van der Waals surface area contributed by atoms with Crippen LogP contribution in [0.2, 0.25) is 0 Å². The molecule has 26 heavy (non-hydrogen) atoms. The molecule has 1 aliphatic heterocycles. The van der Waals surface area contributed by atoms with Gasteiger partial charge in [0, 0.05) is 31.1 Å². The van der Waals surface area contributed by atoms with Crippen molar-refractivity contribution in [3.05, 3.63) is 54.1 Å². The minimum atomic E-state index is -0.0736. The van der Waals surface area contributed by atoms with Crippen LogP contribution in [0.5, 0.6) is 5.75 Å². The summed E-state index contributed by atoms with van der Waals surface area (Å²) in [5.74, 6) is 1.10. The van der Waals surface area contributed by atoms with Crippen molar-refractivity contribution in [1.82, 2.24) is 4.90 Å². The Morgan fingerprint density at radius 2 is 1.69 bits per heavy atom. The Balaban J connectivity index is 1.57. The molecular weight excluding hydrogens is 344 g/mol. The van der Waals surface area contributed by atoms with Crippen molar-refractivity contribution in [2.24, 2.45) is 0 Å². The number of carbonyl (C=O) groups is 1. The average molecular weight is 371 g/mol. The molecule has 2 aromatic carbocycles. The van der Waals surface area contributed by atoms with Gasteiger partial charge >= 0.3 is 0 Å². The molecule has 1 amide bonds. The third kappa shape index (κ3) is 4.33. The monoisotopic (exact) mass is 370 g/mol. The standard InChI is InChI=1S/C21H26N2O2S/c1-16-8-10-18(11-9-16)26-17(2)21(24)23-14-12-22(13-15-23)19-6-4-5-7-20(19)25-3/h4-11,17H,12-15H2,1-3H3. The Morgan fingerprint density at radius 3 is 2.35 bits per heavy atom. The third-order valence-electron chi connectivity index (χ3n) is 4.70. The summed E-state index contributed by atoms with van der Waals surface area (Å²) in [6, 6.07) is 16.4. The molecule has 3 rings (SSSR count). The maximum absolute atomic E-state index is 12.8. The first-order chi connectivity index (χ1) is 12.6. The number of para-hydroxylation sites is 2. The van der Waals surface area contributed by atoms with Crippen molar-refractivity contribution < 1.29 is 9.53 Å². The first kappa shape index (κ1) is 18.6. The van der Waals surface area contributed by atoms with Crippen LogP contribution in [-0.2, 0) is 4.79 Å². The highest BCUT2D eigenvalue weighted by Crippen LogP contribution is 2.29. The van der Waals surface area contributed by atoms with Crippen LogP contribution in [0.1, 0.15) is 12.5 Å². The van der Waals surface area contributed by atoms with E-state index in [-0.39, 0.29) is 11.2 Å². The summed E-state index contributed by atoms with van der Waals surface area (Å²) in [5.41, 5.74) is 2.34. The van der Waals surface area contributed by atoms with E-state index in [0.29, 0.717) is 0 Å². The largest absolute Gasteiger partial charge is 0.495 e. The van der Waals surface area contributed by atoms with Crippen LogP contribution in [0.3, 0.4) is 0 Å². The van der Waals surface area contributed by atoms with Crippen molar-refractivity contribution >= 4 is 23.4 Å². The van der Waals surface area contributed by atoms with E-state index in [2.05, 4.69) is 42.2 Å². The van der Waals surface area contributed by atoms with Crippen LogP contribution in [0.25, 0.3) is 0 Å². The molecule has 2 aromatic rings. The zero-order valence-electron chi connectivity index (χ0n) is 15.6. The second-order valence-corrected chi connectivity index (χ2v) is 7.97. The Kier molecular flexibility index (Phi) is 6.09. The summed E-state index contributed by atoms with van der Waals surface area (Å²) >= 11 is 1.63. The molecule has 0 N–H and O–H groups in total.